The minimum atomic E-state index is -0.724. The fraction of sp³-hybridized carbons (Fsp3) is 0.588. The lowest BCUT2D eigenvalue weighted by molar-refractivity contribution is -0.468. The Bertz CT molecular complexity index is 718. The van der Waals surface area contributed by atoms with Crippen molar-refractivity contribution in [2.24, 2.45) is 11.3 Å². The van der Waals surface area contributed by atoms with Crippen LogP contribution in [0.2, 0.25) is 0 Å². The Kier molecular flexibility index (Phi) is 2.78. The Labute approximate surface area is 135 Å². The summed E-state index contributed by atoms with van der Waals surface area (Å²) in [5.41, 5.74) is 4.27. The van der Waals surface area contributed by atoms with E-state index in [4.69, 9.17) is 11.6 Å². The van der Waals surface area contributed by atoms with Gasteiger partial charge in [-0.05, 0) is 54.9 Å². The second kappa shape index (κ2) is 4.31. The van der Waals surface area contributed by atoms with Gasteiger partial charge in [0.2, 0.25) is 6.54 Å². The fourth-order valence-electron chi connectivity index (χ4n) is 4.91. The molecular weight excluding hydrogens is 300 g/mol. The SMILES string of the molecule is CC1C2CC3=C(CCC4=C3/C=C(/Cl)C[N+](=O)C(=O)C41C)N2C. The lowest BCUT2D eigenvalue weighted by Crippen LogP contribution is -2.50. The minimum absolute atomic E-state index is 0.0391. The molecule has 0 aromatic heterocycles. The predicted octanol–water partition coefficient (Wildman–Crippen LogP) is 3.13. The van der Waals surface area contributed by atoms with Gasteiger partial charge in [-0.2, -0.15) is 0 Å². The first kappa shape index (κ1) is 14.2. The molecule has 22 heavy (non-hydrogen) atoms. The first-order valence-corrected chi connectivity index (χ1v) is 8.27. The van der Waals surface area contributed by atoms with Crippen molar-refractivity contribution in [2.45, 2.75) is 39.2 Å². The van der Waals surface area contributed by atoms with Crippen LogP contribution in [0.15, 0.2) is 33.5 Å². The third-order valence-electron chi connectivity index (χ3n) is 6.33. The van der Waals surface area contributed by atoms with Gasteiger partial charge in [0.25, 0.3) is 0 Å². The van der Waals surface area contributed by atoms with Crippen molar-refractivity contribution in [1.29, 1.82) is 0 Å². The van der Waals surface area contributed by atoms with Crippen LogP contribution in [0.5, 0.6) is 0 Å². The van der Waals surface area contributed by atoms with Gasteiger partial charge < -0.3 is 4.90 Å². The van der Waals surface area contributed by atoms with E-state index in [0.717, 1.165) is 30.4 Å². The van der Waals surface area contributed by atoms with E-state index >= 15 is 0 Å². The quantitative estimate of drug-likeness (QED) is 0.644. The van der Waals surface area contributed by atoms with Crippen LogP contribution in [-0.4, -0.2) is 35.2 Å². The molecule has 2 aliphatic carbocycles. The van der Waals surface area contributed by atoms with Gasteiger partial charge in [-0.15, -0.1) is 0 Å². The Morgan fingerprint density at radius 2 is 2.14 bits per heavy atom. The van der Waals surface area contributed by atoms with E-state index < -0.39 is 5.41 Å². The Morgan fingerprint density at radius 1 is 1.41 bits per heavy atom. The van der Waals surface area contributed by atoms with E-state index in [1.165, 1.54) is 11.3 Å². The molecule has 0 saturated carbocycles. The maximum Gasteiger partial charge on any atom is 0.443 e. The number of nitrogens with zero attached hydrogens (tertiary/aromatic N) is 2. The highest BCUT2D eigenvalue weighted by molar-refractivity contribution is 6.30. The molecule has 4 rings (SSSR count). The Hall–Kier alpha value is -1.42. The van der Waals surface area contributed by atoms with Gasteiger partial charge in [0.1, 0.15) is 5.41 Å². The number of carbonyl (C=O) groups is 1. The average molecular weight is 320 g/mol. The van der Waals surface area contributed by atoms with E-state index in [0.29, 0.717) is 9.79 Å². The summed E-state index contributed by atoms with van der Waals surface area (Å²) < 4.78 is 0.558. The molecule has 2 aliphatic heterocycles. The number of allylic oxidation sites excluding steroid dienone is 3. The number of rotatable bonds is 0. The molecule has 0 fully saturated rings. The Morgan fingerprint density at radius 3 is 2.86 bits per heavy atom. The van der Waals surface area contributed by atoms with Gasteiger partial charge in [0.15, 0.2) is 0 Å². The number of halogens is 1. The molecule has 0 radical (unpaired) electrons. The summed E-state index contributed by atoms with van der Waals surface area (Å²) in [6.45, 7) is 4.05. The van der Waals surface area contributed by atoms with Crippen LogP contribution < -0.4 is 0 Å². The Balaban J connectivity index is 2.07. The number of nitroso groups, excluding NO2 is 1. The number of hydrogen-bond acceptors (Lipinski definition) is 3. The zero-order chi connectivity index (χ0) is 15.8. The van der Waals surface area contributed by atoms with Gasteiger partial charge in [0.05, 0.1) is 9.79 Å². The van der Waals surface area contributed by atoms with Crippen molar-refractivity contribution < 1.29 is 9.55 Å². The van der Waals surface area contributed by atoms with Crippen molar-refractivity contribution >= 4 is 17.5 Å². The van der Waals surface area contributed by atoms with Crippen LogP contribution in [0.4, 0.5) is 0 Å². The van der Waals surface area contributed by atoms with Crippen LogP contribution >= 0.6 is 11.6 Å². The van der Waals surface area contributed by atoms with Crippen LogP contribution in [0.25, 0.3) is 0 Å². The van der Waals surface area contributed by atoms with E-state index in [9.17, 15) is 9.70 Å². The molecule has 0 N–H and O–H groups in total. The molecule has 4 aliphatic rings. The highest BCUT2D eigenvalue weighted by Gasteiger charge is 2.59. The maximum absolute atomic E-state index is 13.0. The third-order valence-corrected chi connectivity index (χ3v) is 6.56. The lowest BCUT2D eigenvalue weighted by atomic mass is 9.65. The van der Waals surface area contributed by atoms with Gasteiger partial charge >= 0.3 is 5.91 Å². The topological polar surface area (TPSA) is 40.4 Å². The van der Waals surface area contributed by atoms with Crippen molar-refractivity contribution in [2.75, 3.05) is 13.6 Å². The summed E-state index contributed by atoms with van der Waals surface area (Å²) in [7, 11) is 2.12. The van der Waals surface area contributed by atoms with E-state index in [-0.39, 0.29) is 24.4 Å². The van der Waals surface area contributed by atoms with Crippen molar-refractivity contribution in [1.82, 2.24) is 4.90 Å². The van der Waals surface area contributed by atoms with Gasteiger partial charge in [-0.25, -0.2) is 4.79 Å². The largest absolute Gasteiger partial charge is 0.443 e. The molecule has 116 valence electrons. The van der Waals surface area contributed by atoms with Crippen molar-refractivity contribution in [3.05, 3.63) is 38.4 Å². The van der Waals surface area contributed by atoms with Crippen LogP contribution in [0, 0.1) is 16.2 Å². The molecule has 0 spiro atoms. The fourth-order valence-corrected chi connectivity index (χ4v) is 5.13. The number of carbonyl (C=O) groups excluding carboxylic acids is 1. The number of amides is 1. The third kappa shape index (κ3) is 1.51. The highest BCUT2D eigenvalue weighted by Crippen LogP contribution is 2.57. The van der Waals surface area contributed by atoms with Crippen molar-refractivity contribution in [3.63, 3.8) is 0 Å². The molecule has 2 heterocycles. The van der Waals surface area contributed by atoms with Crippen molar-refractivity contribution in [3.8, 4) is 0 Å². The van der Waals surface area contributed by atoms with Gasteiger partial charge in [-0.3, -0.25) is 0 Å². The summed E-state index contributed by atoms with van der Waals surface area (Å²) in [6, 6.07) is 0.283. The van der Waals surface area contributed by atoms with E-state index in [1.54, 1.807) is 0 Å². The first-order chi connectivity index (χ1) is 10.4. The van der Waals surface area contributed by atoms with E-state index in [2.05, 4.69) is 18.9 Å². The predicted molar refractivity (Wildman–Crippen MR) is 84.2 cm³/mol. The molecular formula is C17H20ClN2O2+. The molecule has 4 nitrogen and oxygen atoms in total. The van der Waals surface area contributed by atoms with Gasteiger partial charge in [-0.1, -0.05) is 18.5 Å². The summed E-state index contributed by atoms with van der Waals surface area (Å²) in [5, 5.41) is 0.451. The van der Waals surface area contributed by atoms with E-state index in [1.807, 2.05) is 13.0 Å². The second-order valence-electron chi connectivity index (χ2n) is 7.12. The zero-order valence-electron chi connectivity index (χ0n) is 13.1. The summed E-state index contributed by atoms with van der Waals surface area (Å²) >= 11 is 6.24. The number of hydrogen-bond donors (Lipinski definition) is 0. The summed E-state index contributed by atoms with van der Waals surface area (Å²) in [4.78, 5) is 27.6. The molecule has 0 saturated heterocycles. The first-order valence-electron chi connectivity index (χ1n) is 7.89. The average Bonchev–Trinajstić information content (AvgIpc) is 2.79. The second-order valence-corrected chi connectivity index (χ2v) is 7.61. The molecule has 0 aromatic carbocycles. The van der Waals surface area contributed by atoms with Crippen LogP contribution in [0.3, 0.4) is 0 Å². The molecule has 0 aromatic rings. The molecule has 1 amide bonds. The maximum atomic E-state index is 13.0. The smallest absolute Gasteiger partial charge is 0.374 e. The summed E-state index contributed by atoms with van der Waals surface area (Å²) in [6.07, 6.45) is 4.69. The zero-order valence-corrected chi connectivity index (χ0v) is 13.9. The van der Waals surface area contributed by atoms with Crippen LogP contribution in [0.1, 0.15) is 33.1 Å². The normalized spacial score (nSPS) is 39.8. The molecule has 5 bridgehead atoms. The number of fused-ring (bicyclic) bond motifs is 1. The highest BCUT2D eigenvalue weighted by atomic mass is 35.5. The molecule has 3 atom stereocenters. The monoisotopic (exact) mass is 319 g/mol. The minimum Gasteiger partial charge on any atom is -0.374 e. The lowest BCUT2D eigenvalue weighted by Gasteiger charge is -2.43. The molecule has 5 heteroatoms. The summed E-state index contributed by atoms with van der Waals surface area (Å²) in [5.74, 6) is -0.226. The van der Waals surface area contributed by atoms with Crippen LogP contribution in [-0.2, 0) is 4.79 Å². The number of likely N-dealkylation sites (tertiary alicyclic amines) is 1. The standard InChI is InChI=1S/C17H20ClN2O2/c1-9-15-7-12-11-6-10(18)8-20(22)16(21)17(9,2)13(11)4-5-14(12)19(15)3/h6,9,15H,4-5,7-8H2,1-3H3/q+1/b10-6+. The van der Waals surface area contributed by atoms with Gasteiger partial charge in [0, 0.05) is 23.7 Å². The molecule has 3 unspecified atom stereocenters.